The lowest BCUT2D eigenvalue weighted by Gasteiger charge is -2.34. The molecule has 0 saturated heterocycles. The summed E-state index contributed by atoms with van der Waals surface area (Å²) in [6.07, 6.45) is 4.60. The van der Waals surface area contributed by atoms with E-state index < -0.39 is 5.60 Å². The zero-order valence-corrected chi connectivity index (χ0v) is 11.0. The Bertz CT molecular complexity index is 448. The summed E-state index contributed by atoms with van der Waals surface area (Å²) >= 11 is 0. The maximum atomic E-state index is 13.5. The van der Waals surface area contributed by atoms with Crippen LogP contribution in [0.25, 0.3) is 0 Å². The number of hydrogen-bond donors (Lipinski definition) is 0. The Morgan fingerprint density at radius 1 is 1.28 bits per heavy atom. The van der Waals surface area contributed by atoms with Crippen LogP contribution in [0.2, 0.25) is 0 Å². The number of ether oxygens (including phenoxy) is 1. The van der Waals surface area contributed by atoms with E-state index in [0.717, 1.165) is 32.1 Å². The van der Waals surface area contributed by atoms with Crippen LogP contribution < -0.4 is 0 Å². The van der Waals surface area contributed by atoms with Gasteiger partial charge in [-0.05, 0) is 31.4 Å². The standard InChI is InChI=1S/C15H19FO2/c1-11-6-7-12(10-13(11)16)14(17)15(18-2)8-4-3-5-9-15/h6-7,10H,3-5,8-9H2,1-2H3. The molecule has 1 aromatic carbocycles. The minimum Gasteiger partial charge on any atom is -0.370 e. The summed E-state index contributed by atoms with van der Waals surface area (Å²) in [5, 5.41) is 0. The Labute approximate surface area is 107 Å². The predicted octanol–water partition coefficient (Wildman–Crippen LogP) is 3.67. The minimum atomic E-state index is -0.736. The molecule has 0 amide bonds. The van der Waals surface area contributed by atoms with Crippen LogP contribution in [-0.2, 0) is 4.74 Å². The highest BCUT2D eigenvalue weighted by Crippen LogP contribution is 2.34. The van der Waals surface area contributed by atoms with Gasteiger partial charge >= 0.3 is 0 Å². The summed E-state index contributed by atoms with van der Waals surface area (Å²) < 4.78 is 19.0. The second-order valence-electron chi connectivity index (χ2n) is 5.05. The van der Waals surface area contributed by atoms with Crippen molar-refractivity contribution in [2.24, 2.45) is 0 Å². The molecule has 1 aliphatic rings. The number of carbonyl (C=O) groups excluding carboxylic acids is 1. The molecule has 0 heterocycles. The molecule has 1 saturated carbocycles. The summed E-state index contributed by atoms with van der Waals surface area (Å²) in [6.45, 7) is 1.69. The van der Waals surface area contributed by atoms with Crippen LogP contribution >= 0.6 is 0 Å². The third kappa shape index (κ3) is 2.32. The largest absolute Gasteiger partial charge is 0.370 e. The van der Waals surface area contributed by atoms with Gasteiger partial charge in [0.2, 0.25) is 0 Å². The summed E-state index contributed by atoms with van der Waals surface area (Å²) in [6, 6.07) is 4.66. The Morgan fingerprint density at radius 3 is 2.50 bits per heavy atom. The van der Waals surface area contributed by atoms with E-state index in [1.165, 1.54) is 6.07 Å². The van der Waals surface area contributed by atoms with Crippen LogP contribution in [0.4, 0.5) is 4.39 Å². The molecule has 0 spiro atoms. The molecule has 1 aliphatic carbocycles. The van der Waals surface area contributed by atoms with Crippen molar-refractivity contribution >= 4 is 5.78 Å². The van der Waals surface area contributed by atoms with Crippen molar-refractivity contribution in [3.8, 4) is 0 Å². The third-order valence-corrected chi connectivity index (χ3v) is 3.90. The van der Waals surface area contributed by atoms with Gasteiger partial charge in [0.1, 0.15) is 11.4 Å². The van der Waals surface area contributed by atoms with Crippen LogP contribution in [0.1, 0.15) is 48.0 Å². The van der Waals surface area contributed by atoms with E-state index in [2.05, 4.69) is 0 Å². The fourth-order valence-corrected chi connectivity index (χ4v) is 2.64. The van der Waals surface area contributed by atoms with Crippen molar-refractivity contribution in [1.82, 2.24) is 0 Å². The first kappa shape index (κ1) is 13.2. The van der Waals surface area contributed by atoms with Crippen LogP contribution in [0.3, 0.4) is 0 Å². The fraction of sp³-hybridized carbons (Fsp3) is 0.533. The lowest BCUT2D eigenvalue weighted by molar-refractivity contribution is -0.0194. The summed E-state index contributed by atoms with van der Waals surface area (Å²) in [7, 11) is 1.58. The van der Waals surface area contributed by atoms with Crippen molar-refractivity contribution < 1.29 is 13.9 Å². The van der Waals surface area contributed by atoms with Crippen LogP contribution in [0, 0.1) is 12.7 Å². The minimum absolute atomic E-state index is 0.0800. The first-order chi connectivity index (χ1) is 8.59. The Kier molecular flexibility index (Phi) is 3.81. The van der Waals surface area contributed by atoms with Gasteiger partial charge in [0.05, 0.1) is 0 Å². The molecular formula is C15H19FO2. The van der Waals surface area contributed by atoms with Crippen molar-refractivity contribution in [1.29, 1.82) is 0 Å². The van der Waals surface area contributed by atoms with Crippen molar-refractivity contribution in [2.45, 2.75) is 44.6 Å². The first-order valence-corrected chi connectivity index (χ1v) is 6.45. The SMILES string of the molecule is COC1(C(=O)c2ccc(C)c(F)c2)CCCCC1. The Hall–Kier alpha value is -1.22. The smallest absolute Gasteiger partial charge is 0.194 e. The van der Waals surface area contributed by atoms with E-state index in [9.17, 15) is 9.18 Å². The molecule has 2 rings (SSSR count). The van der Waals surface area contributed by atoms with Gasteiger partial charge in [-0.2, -0.15) is 0 Å². The van der Waals surface area contributed by atoms with Gasteiger partial charge in [0.15, 0.2) is 5.78 Å². The molecule has 0 aromatic heterocycles. The number of ketones is 1. The van der Waals surface area contributed by atoms with Gasteiger partial charge in [-0.15, -0.1) is 0 Å². The second-order valence-corrected chi connectivity index (χ2v) is 5.05. The number of benzene rings is 1. The van der Waals surface area contributed by atoms with Gasteiger partial charge in [0, 0.05) is 12.7 Å². The number of rotatable bonds is 3. The van der Waals surface area contributed by atoms with Crippen LogP contribution in [0.5, 0.6) is 0 Å². The Morgan fingerprint density at radius 2 is 1.94 bits per heavy atom. The molecule has 0 N–H and O–H groups in total. The van der Waals surface area contributed by atoms with E-state index in [-0.39, 0.29) is 11.6 Å². The van der Waals surface area contributed by atoms with Gasteiger partial charge < -0.3 is 4.74 Å². The molecule has 1 aromatic rings. The normalized spacial score (nSPS) is 18.6. The number of carbonyl (C=O) groups is 1. The zero-order valence-electron chi connectivity index (χ0n) is 11.0. The Balaban J connectivity index is 2.30. The van der Waals surface area contributed by atoms with Crippen molar-refractivity contribution in [3.63, 3.8) is 0 Å². The molecule has 0 bridgehead atoms. The summed E-state index contributed by atoms with van der Waals surface area (Å²) in [4.78, 5) is 12.5. The van der Waals surface area contributed by atoms with Gasteiger partial charge in [-0.25, -0.2) is 4.39 Å². The number of hydrogen-bond acceptors (Lipinski definition) is 2. The fourth-order valence-electron chi connectivity index (χ4n) is 2.64. The van der Waals surface area contributed by atoms with Gasteiger partial charge in [-0.1, -0.05) is 31.4 Å². The summed E-state index contributed by atoms with van der Waals surface area (Å²) in [5.74, 6) is -0.411. The summed E-state index contributed by atoms with van der Waals surface area (Å²) in [5.41, 5.74) is 0.239. The molecule has 0 aliphatic heterocycles. The molecule has 0 unspecified atom stereocenters. The molecule has 2 nitrogen and oxygen atoms in total. The predicted molar refractivity (Wildman–Crippen MR) is 68.3 cm³/mol. The maximum Gasteiger partial charge on any atom is 0.194 e. The topological polar surface area (TPSA) is 26.3 Å². The van der Waals surface area contributed by atoms with E-state index >= 15 is 0 Å². The van der Waals surface area contributed by atoms with Gasteiger partial charge in [0.25, 0.3) is 0 Å². The number of halogens is 1. The maximum absolute atomic E-state index is 13.5. The zero-order chi connectivity index (χ0) is 13.2. The number of aryl methyl sites for hydroxylation is 1. The first-order valence-electron chi connectivity index (χ1n) is 6.45. The van der Waals surface area contributed by atoms with E-state index in [4.69, 9.17) is 4.74 Å². The number of Topliss-reactive ketones (excluding diaryl/α,β-unsaturated/α-hetero) is 1. The molecule has 0 atom stereocenters. The quantitative estimate of drug-likeness (QED) is 0.765. The highest BCUT2D eigenvalue weighted by molar-refractivity contribution is 6.02. The lowest BCUT2D eigenvalue weighted by atomic mass is 9.79. The van der Waals surface area contributed by atoms with Gasteiger partial charge in [-0.3, -0.25) is 4.79 Å². The molecular weight excluding hydrogens is 231 g/mol. The number of methoxy groups -OCH3 is 1. The van der Waals surface area contributed by atoms with Crippen LogP contribution in [0.15, 0.2) is 18.2 Å². The molecule has 18 heavy (non-hydrogen) atoms. The molecule has 0 radical (unpaired) electrons. The van der Waals surface area contributed by atoms with E-state index in [1.807, 2.05) is 0 Å². The molecule has 1 fully saturated rings. The highest BCUT2D eigenvalue weighted by atomic mass is 19.1. The van der Waals surface area contributed by atoms with Crippen molar-refractivity contribution in [3.05, 3.63) is 35.1 Å². The van der Waals surface area contributed by atoms with E-state index in [0.29, 0.717) is 11.1 Å². The molecule has 3 heteroatoms. The monoisotopic (exact) mass is 250 g/mol. The lowest BCUT2D eigenvalue weighted by Crippen LogP contribution is -2.42. The second kappa shape index (κ2) is 5.19. The van der Waals surface area contributed by atoms with Crippen molar-refractivity contribution in [2.75, 3.05) is 7.11 Å². The average molecular weight is 250 g/mol. The van der Waals surface area contributed by atoms with E-state index in [1.54, 1.807) is 26.2 Å². The third-order valence-electron chi connectivity index (χ3n) is 3.90. The highest BCUT2D eigenvalue weighted by Gasteiger charge is 2.40. The average Bonchev–Trinajstić information content (AvgIpc) is 2.42. The molecule has 98 valence electrons. The van der Waals surface area contributed by atoms with Crippen LogP contribution in [-0.4, -0.2) is 18.5 Å².